The van der Waals surface area contributed by atoms with E-state index >= 15 is 0 Å². The Hall–Kier alpha value is -2.40. The zero-order chi connectivity index (χ0) is 17.5. The molecule has 0 aliphatic rings. The molecule has 24 heavy (non-hydrogen) atoms. The molecule has 0 radical (unpaired) electrons. The van der Waals surface area contributed by atoms with E-state index in [1.54, 1.807) is 12.3 Å². The second-order valence-corrected chi connectivity index (χ2v) is 6.29. The summed E-state index contributed by atoms with van der Waals surface area (Å²) in [4.78, 5) is 18.7. The van der Waals surface area contributed by atoms with E-state index in [2.05, 4.69) is 34.6 Å². The van der Waals surface area contributed by atoms with Crippen molar-refractivity contribution in [2.24, 2.45) is 0 Å². The van der Waals surface area contributed by atoms with Crippen molar-refractivity contribution in [2.75, 3.05) is 37.8 Å². The highest BCUT2D eigenvalue weighted by atomic mass is 16.1. The molecule has 0 bridgehead atoms. The van der Waals surface area contributed by atoms with Crippen molar-refractivity contribution in [1.29, 1.82) is 0 Å². The van der Waals surface area contributed by atoms with Gasteiger partial charge in [-0.15, -0.1) is 0 Å². The number of amides is 1. The third kappa shape index (κ3) is 5.35. The molecule has 0 saturated carbocycles. The molecule has 0 aliphatic carbocycles. The molecule has 2 rings (SSSR count). The Morgan fingerprint density at radius 1 is 1.17 bits per heavy atom. The van der Waals surface area contributed by atoms with Gasteiger partial charge in [0.05, 0.1) is 11.9 Å². The van der Waals surface area contributed by atoms with Crippen LogP contribution in [0.15, 0.2) is 36.5 Å². The molecule has 0 spiro atoms. The lowest BCUT2D eigenvalue weighted by atomic mass is 10.1. The molecule has 0 unspecified atom stereocenters. The fraction of sp³-hybridized carbons (Fsp3) is 0.368. The van der Waals surface area contributed by atoms with Crippen LogP contribution in [-0.4, -0.2) is 43.0 Å². The first-order valence-corrected chi connectivity index (χ1v) is 8.19. The summed E-state index contributed by atoms with van der Waals surface area (Å²) in [7, 11) is 4.12. The number of carbonyl (C=O) groups excluding carboxylic acids is 1. The molecule has 128 valence electrons. The predicted octanol–water partition coefficient (Wildman–Crippen LogP) is 3.31. The topological polar surface area (TPSA) is 57.3 Å². The molecule has 1 heterocycles. The second kappa shape index (κ2) is 8.45. The van der Waals surface area contributed by atoms with Crippen LogP contribution in [0.4, 0.5) is 11.4 Å². The van der Waals surface area contributed by atoms with Crippen molar-refractivity contribution in [1.82, 2.24) is 9.88 Å². The summed E-state index contributed by atoms with van der Waals surface area (Å²) in [5, 5.41) is 6.24. The Morgan fingerprint density at radius 2 is 1.96 bits per heavy atom. The van der Waals surface area contributed by atoms with E-state index in [4.69, 9.17) is 0 Å². The van der Waals surface area contributed by atoms with E-state index in [-0.39, 0.29) is 5.91 Å². The van der Waals surface area contributed by atoms with Crippen LogP contribution in [0.2, 0.25) is 0 Å². The van der Waals surface area contributed by atoms with Gasteiger partial charge in [0.25, 0.3) is 5.91 Å². The molecule has 0 saturated heterocycles. The summed E-state index contributed by atoms with van der Waals surface area (Å²) in [6, 6.07) is 9.63. The zero-order valence-electron chi connectivity index (χ0n) is 14.9. The molecular formula is C19H26N4O. The summed E-state index contributed by atoms with van der Waals surface area (Å²) < 4.78 is 0. The van der Waals surface area contributed by atoms with Crippen LogP contribution in [0.5, 0.6) is 0 Å². The number of rotatable bonds is 7. The fourth-order valence-electron chi connectivity index (χ4n) is 2.32. The minimum Gasteiger partial charge on any atom is -0.384 e. The zero-order valence-corrected chi connectivity index (χ0v) is 14.9. The van der Waals surface area contributed by atoms with Gasteiger partial charge in [-0.3, -0.25) is 4.79 Å². The lowest BCUT2D eigenvalue weighted by Gasteiger charge is -2.11. The Morgan fingerprint density at radius 3 is 2.62 bits per heavy atom. The lowest BCUT2D eigenvalue weighted by molar-refractivity contribution is 0.102. The number of pyridine rings is 1. The van der Waals surface area contributed by atoms with E-state index in [1.807, 2.05) is 38.1 Å². The molecule has 0 aliphatic heterocycles. The Kier molecular flexibility index (Phi) is 6.32. The molecule has 0 fully saturated rings. The number of nitrogens with zero attached hydrogens (tertiary/aromatic N) is 2. The number of aromatic nitrogens is 1. The Bertz CT molecular complexity index is 680. The van der Waals surface area contributed by atoms with E-state index in [0.29, 0.717) is 5.69 Å². The first-order chi connectivity index (χ1) is 11.5. The average molecular weight is 326 g/mol. The van der Waals surface area contributed by atoms with E-state index in [9.17, 15) is 4.79 Å². The number of anilines is 2. The van der Waals surface area contributed by atoms with E-state index in [1.165, 1.54) is 0 Å². The van der Waals surface area contributed by atoms with Crippen molar-refractivity contribution in [2.45, 2.75) is 20.3 Å². The average Bonchev–Trinajstić information content (AvgIpc) is 2.55. The second-order valence-electron chi connectivity index (χ2n) is 6.29. The van der Waals surface area contributed by atoms with Crippen molar-refractivity contribution in [3.8, 4) is 0 Å². The highest BCUT2D eigenvalue weighted by Crippen LogP contribution is 2.17. The summed E-state index contributed by atoms with van der Waals surface area (Å²) in [5.41, 5.74) is 4.31. The number of hydrogen-bond donors (Lipinski definition) is 2. The monoisotopic (exact) mass is 326 g/mol. The van der Waals surface area contributed by atoms with E-state index < -0.39 is 0 Å². The number of carbonyl (C=O) groups is 1. The standard InChI is InChI=1S/C19H26N4O/c1-14-6-7-15(2)18(12-14)22-19(24)17-9-8-16(13-21-17)20-10-5-11-23(3)4/h6-9,12-13,20H,5,10-11H2,1-4H3,(H,22,24). The highest BCUT2D eigenvalue weighted by Gasteiger charge is 2.09. The maximum atomic E-state index is 12.3. The van der Waals surface area contributed by atoms with Gasteiger partial charge in [-0.2, -0.15) is 0 Å². The molecule has 2 aromatic rings. The summed E-state index contributed by atoms with van der Waals surface area (Å²) in [6.45, 7) is 5.90. The van der Waals surface area contributed by atoms with Gasteiger partial charge < -0.3 is 15.5 Å². The van der Waals surface area contributed by atoms with Crippen LogP contribution in [0.3, 0.4) is 0 Å². The first-order valence-electron chi connectivity index (χ1n) is 8.19. The van der Waals surface area contributed by atoms with Crippen molar-refractivity contribution in [3.05, 3.63) is 53.3 Å². The van der Waals surface area contributed by atoms with Gasteiger partial charge in [0.15, 0.2) is 0 Å². The maximum Gasteiger partial charge on any atom is 0.274 e. The van der Waals surface area contributed by atoms with Crippen molar-refractivity contribution < 1.29 is 4.79 Å². The fourth-order valence-corrected chi connectivity index (χ4v) is 2.32. The van der Waals surface area contributed by atoms with Gasteiger partial charge >= 0.3 is 0 Å². The first kappa shape index (κ1) is 17.9. The SMILES string of the molecule is Cc1ccc(C)c(NC(=O)c2ccc(NCCCN(C)C)cn2)c1. The van der Waals surface area contributed by atoms with Crippen molar-refractivity contribution >= 4 is 17.3 Å². The molecule has 5 nitrogen and oxygen atoms in total. The molecule has 1 aromatic carbocycles. The highest BCUT2D eigenvalue weighted by molar-refractivity contribution is 6.03. The molecule has 1 aromatic heterocycles. The van der Waals surface area contributed by atoms with Crippen LogP contribution in [0.1, 0.15) is 28.0 Å². The van der Waals surface area contributed by atoms with Gasteiger partial charge in [-0.25, -0.2) is 4.98 Å². The summed E-state index contributed by atoms with van der Waals surface area (Å²) >= 11 is 0. The lowest BCUT2D eigenvalue weighted by Crippen LogP contribution is -2.17. The van der Waals surface area contributed by atoms with Crippen LogP contribution in [0, 0.1) is 13.8 Å². The van der Waals surface area contributed by atoms with Gasteiger partial charge in [-0.1, -0.05) is 12.1 Å². The third-order valence-electron chi connectivity index (χ3n) is 3.75. The minimum absolute atomic E-state index is 0.192. The molecule has 1 amide bonds. The maximum absolute atomic E-state index is 12.3. The molecule has 0 atom stereocenters. The molecular weight excluding hydrogens is 300 g/mol. The number of nitrogens with one attached hydrogen (secondary N) is 2. The number of aryl methyl sites for hydroxylation is 2. The minimum atomic E-state index is -0.192. The normalized spacial score (nSPS) is 10.7. The van der Waals surface area contributed by atoms with Crippen LogP contribution in [-0.2, 0) is 0 Å². The van der Waals surface area contributed by atoms with E-state index in [0.717, 1.165) is 42.0 Å². The quantitative estimate of drug-likeness (QED) is 0.767. The predicted molar refractivity (Wildman–Crippen MR) is 99.8 cm³/mol. The van der Waals surface area contributed by atoms with Gasteiger partial charge in [0, 0.05) is 12.2 Å². The van der Waals surface area contributed by atoms with Crippen LogP contribution >= 0.6 is 0 Å². The Labute approximate surface area is 144 Å². The third-order valence-corrected chi connectivity index (χ3v) is 3.75. The van der Waals surface area contributed by atoms with Gasteiger partial charge in [0.2, 0.25) is 0 Å². The van der Waals surface area contributed by atoms with Gasteiger partial charge in [0.1, 0.15) is 5.69 Å². The Balaban J connectivity index is 1.92. The van der Waals surface area contributed by atoms with Crippen LogP contribution in [0.25, 0.3) is 0 Å². The number of benzene rings is 1. The smallest absolute Gasteiger partial charge is 0.274 e. The molecule has 2 N–H and O–H groups in total. The van der Waals surface area contributed by atoms with Gasteiger partial charge in [-0.05, 0) is 70.2 Å². The largest absolute Gasteiger partial charge is 0.384 e. The molecule has 5 heteroatoms. The summed E-state index contributed by atoms with van der Waals surface area (Å²) in [6.07, 6.45) is 2.76. The number of hydrogen-bond acceptors (Lipinski definition) is 4. The van der Waals surface area contributed by atoms with Crippen LogP contribution < -0.4 is 10.6 Å². The summed E-state index contributed by atoms with van der Waals surface area (Å²) in [5.74, 6) is -0.192. The van der Waals surface area contributed by atoms with Crippen molar-refractivity contribution in [3.63, 3.8) is 0 Å².